The second-order valence-corrected chi connectivity index (χ2v) is 5.02. The molecule has 1 aliphatic rings. The van der Waals surface area contributed by atoms with Gasteiger partial charge in [-0.25, -0.2) is 4.79 Å². The third kappa shape index (κ3) is 1.66. The van der Waals surface area contributed by atoms with E-state index in [0.29, 0.717) is 0 Å². The molecule has 3 rings (SSSR count). The molecule has 1 heterocycles. The van der Waals surface area contributed by atoms with E-state index in [1.807, 2.05) is 0 Å². The second-order valence-electron chi connectivity index (χ2n) is 4.24. The highest BCUT2D eigenvalue weighted by molar-refractivity contribution is 7.09. The number of aromatic hydroxyl groups is 1. The average molecular weight is 305 g/mol. The Morgan fingerprint density at radius 1 is 1.19 bits per heavy atom. The van der Waals surface area contributed by atoms with Crippen LogP contribution < -0.4 is 4.74 Å². The lowest BCUT2D eigenvalue weighted by atomic mass is 9.85. The van der Waals surface area contributed by atoms with Crippen LogP contribution in [0.1, 0.15) is 41.5 Å². The number of methoxy groups -OCH3 is 1. The number of benzene rings is 1. The summed E-state index contributed by atoms with van der Waals surface area (Å²) in [6.07, 6.45) is 0. The average Bonchev–Trinajstić information content (AvgIpc) is 2.88. The molecule has 1 aromatic carbocycles. The molecule has 0 saturated heterocycles. The number of aromatic carboxylic acids is 1. The number of hydrogen-bond donors (Lipinski definition) is 2. The summed E-state index contributed by atoms with van der Waals surface area (Å²) < 4.78 is 8.79. The van der Waals surface area contributed by atoms with E-state index >= 15 is 0 Å². The van der Waals surface area contributed by atoms with Crippen molar-refractivity contribution < 1.29 is 29.3 Å². The number of ketones is 2. The maximum Gasteiger partial charge on any atom is 0.336 e. The Hall–Kier alpha value is -2.74. The predicted molar refractivity (Wildman–Crippen MR) is 70.6 cm³/mol. The molecule has 0 saturated carbocycles. The van der Waals surface area contributed by atoms with Gasteiger partial charge >= 0.3 is 5.97 Å². The van der Waals surface area contributed by atoms with Gasteiger partial charge in [0.1, 0.15) is 16.2 Å². The van der Waals surface area contributed by atoms with Crippen molar-refractivity contribution in [3.8, 4) is 11.6 Å². The van der Waals surface area contributed by atoms with E-state index < -0.39 is 23.3 Å². The molecule has 0 spiro atoms. The van der Waals surface area contributed by atoms with Crippen LogP contribution in [0.15, 0.2) is 12.1 Å². The lowest BCUT2D eigenvalue weighted by Crippen LogP contribution is -2.22. The van der Waals surface area contributed by atoms with E-state index in [2.05, 4.69) is 4.37 Å². The van der Waals surface area contributed by atoms with Crippen LogP contribution in [0, 0.1) is 0 Å². The van der Waals surface area contributed by atoms with Crippen molar-refractivity contribution in [2.24, 2.45) is 0 Å². The van der Waals surface area contributed by atoms with Crippen LogP contribution in [0.25, 0.3) is 0 Å². The fourth-order valence-corrected chi connectivity index (χ4v) is 3.04. The number of nitrogens with zero attached hydrogens (tertiary/aromatic N) is 1. The first kappa shape index (κ1) is 13.3. The Kier molecular flexibility index (Phi) is 2.77. The minimum atomic E-state index is -1.35. The van der Waals surface area contributed by atoms with Gasteiger partial charge in [0.15, 0.2) is 0 Å². The molecular formula is C13H7NO6S. The fourth-order valence-electron chi connectivity index (χ4n) is 2.24. The van der Waals surface area contributed by atoms with Crippen LogP contribution in [0.4, 0.5) is 0 Å². The Morgan fingerprint density at radius 3 is 2.52 bits per heavy atom. The Bertz CT molecular complexity index is 822. The van der Waals surface area contributed by atoms with E-state index in [4.69, 9.17) is 9.84 Å². The summed E-state index contributed by atoms with van der Waals surface area (Å²) in [4.78, 5) is 36.2. The summed E-state index contributed by atoms with van der Waals surface area (Å²) in [6.45, 7) is 0. The maximum atomic E-state index is 12.5. The Morgan fingerprint density at radius 2 is 1.90 bits per heavy atom. The topological polar surface area (TPSA) is 114 Å². The summed E-state index contributed by atoms with van der Waals surface area (Å²) in [5.41, 5.74) is -1.02. The van der Waals surface area contributed by atoms with Crippen LogP contribution in [-0.2, 0) is 0 Å². The largest absolute Gasteiger partial charge is 0.507 e. The zero-order valence-electron chi connectivity index (χ0n) is 10.5. The zero-order valence-corrected chi connectivity index (χ0v) is 11.4. The number of carbonyl (C=O) groups is 3. The van der Waals surface area contributed by atoms with Gasteiger partial charge < -0.3 is 14.9 Å². The van der Waals surface area contributed by atoms with E-state index in [1.165, 1.54) is 7.11 Å². The van der Waals surface area contributed by atoms with Gasteiger partial charge in [-0.05, 0) is 23.7 Å². The molecule has 0 unspecified atom stereocenters. The molecule has 8 heteroatoms. The van der Waals surface area contributed by atoms with Gasteiger partial charge in [0.25, 0.3) is 0 Å². The van der Waals surface area contributed by atoms with E-state index in [0.717, 1.165) is 23.7 Å². The van der Waals surface area contributed by atoms with Gasteiger partial charge in [0, 0.05) is 0 Å². The van der Waals surface area contributed by atoms with Crippen LogP contribution >= 0.6 is 11.5 Å². The first-order valence-corrected chi connectivity index (χ1v) is 6.47. The van der Waals surface area contributed by atoms with Crippen molar-refractivity contribution in [1.82, 2.24) is 4.37 Å². The summed E-state index contributed by atoms with van der Waals surface area (Å²) in [5, 5.41) is 19.0. The second kappa shape index (κ2) is 4.38. The molecule has 1 aromatic heterocycles. The van der Waals surface area contributed by atoms with E-state index in [-0.39, 0.29) is 33.0 Å². The van der Waals surface area contributed by atoms with Crippen molar-refractivity contribution in [3.05, 3.63) is 39.3 Å². The van der Waals surface area contributed by atoms with E-state index in [9.17, 15) is 19.5 Å². The minimum Gasteiger partial charge on any atom is -0.507 e. The summed E-state index contributed by atoms with van der Waals surface area (Å²) in [6, 6.07) is 2.16. The summed E-state index contributed by atoms with van der Waals surface area (Å²) in [7, 11) is 1.30. The van der Waals surface area contributed by atoms with Gasteiger partial charge in [-0.15, -0.1) is 0 Å². The van der Waals surface area contributed by atoms with Gasteiger partial charge in [-0.3, -0.25) is 9.59 Å². The van der Waals surface area contributed by atoms with Crippen molar-refractivity contribution >= 4 is 29.1 Å². The van der Waals surface area contributed by atoms with Crippen LogP contribution in [-0.4, -0.2) is 39.2 Å². The minimum absolute atomic E-state index is 0.0115. The molecule has 21 heavy (non-hydrogen) atoms. The monoisotopic (exact) mass is 305 g/mol. The predicted octanol–water partition coefficient (Wildman–Crippen LogP) is 1.33. The van der Waals surface area contributed by atoms with Crippen LogP contribution in [0.3, 0.4) is 0 Å². The maximum absolute atomic E-state index is 12.5. The number of ether oxygens (including phenoxy) is 1. The van der Waals surface area contributed by atoms with Crippen LogP contribution in [0.5, 0.6) is 11.6 Å². The number of rotatable bonds is 2. The molecule has 0 amide bonds. The number of carboxylic acids is 1. The number of aromatic nitrogens is 1. The molecule has 0 radical (unpaired) electrons. The van der Waals surface area contributed by atoms with Crippen molar-refractivity contribution in [1.29, 1.82) is 0 Å². The number of carboxylic acid groups (broad SMARTS) is 1. The van der Waals surface area contributed by atoms with E-state index in [1.54, 1.807) is 0 Å². The highest BCUT2D eigenvalue weighted by Crippen LogP contribution is 2.39. The fraction of sp³-hybridized carbons (Fsp3) is 0.0769. The number of phenols is 1. The number of fused-ring (bicyclic) bond motifs is 2. The molecule has 0 fully saturated rings. The van der Waals surface area contributed by atoms with Crippen molar-refractivity contribution in [2.45, 2.75) is 0 Å². The smallest absolute Gasteiger partial charge is 0.336 e. The molecule has 0 atom stereocenters. The molecule has 2 aromatic rings. The summed E-state index contributed by atoms with van der Waals surface area (Å²) in [5.74, 6) is -3.15. The number of carbonyl (C=O) groups excluding carboxylic acids is 2. The van der Waals surface area contributed by atoms with Gasteiger partial charge in [0.05, 0.1) is 23.8 Å². The standard InChI is InChI=1S/C13H7NO6S/c1-20-12-8-9(16)7-5(15)3-2-4(13(18)19)6(7)10(17)11(8)21-14-12/h2-3,15H,1H3,(H,18,19). The normalized spacial score (nSPS) is 12.8. The lowest BCUT2D eigenvalue weighted by molar-refractivity contribution is 0.0692. The van der Waals surface area contributed by atoms with Gasteiger partial charge in [0.2, 0.25) is 17.4 Å². The Balaban J connectivity index is 2.38. The first-order valence-electron chi connectivity index (χ1n) is 5.69. The van der Waals surface area contributed by atoms with Crippen LogP contribution in [0.2, 0.25) is 0 Å². The van der Waals surface area contributed by atoms with Gasteiger partial charge in [-0.2, -0.15) is 4.37 Å². The summed E-state index contributed by atoms with van der Waals surface area (Å²) >= 11 is 0.758. The molecule has 0 aliphatic heterocycles. The molecule has 0 bridgehead atoms. The van der Waals surface area contributed by atoms with Crippen molar-refractivity contribution in [2.75, 3.05) is 7.11 Å². The first-order chi connectivity index (χ1) is 9.97. The highest BCUT2D eigenvalue weighted by atomic mass is 32.1. The van der Waals surface area contributed by atoms with Crippen molar-refractivity contribution in [3.63, 3.8) is 0 Å². The zero-order chi connectivity index (χ0) is 15.3. The SMILES string of the molecule is COc1nsc2c1C(=O)c1c(O)ccc(C(=O)O)c1C2=O. The third-order valence-electron chi connectivity index (χ3n) is 3.16. The third-order valence-corrected chi connectivity index (χ3v) is 3.98. The number of phenolic OH excluding ortho intramolecular Hbond substituents is 1. The molecule has 2 N–H and O–H groups in total. The molecular weight excluding hydrogens is 298 g/mol. The van der Waals surface area contributed by atoms with Gasteiger partial charge in [-0.1, -0.05) is 0 Å². The molecule has 106 valence electrons. The quantitative estimate of drug-likeness (QED) is 0.734. The highest BCUT2D eigenvalue weighted by Gasteiger charge is 2.39. The molecule has 7 nitrogen and oxygen atoms in total. The Labute approximate surface area is 121 Å². The number of hydrogen-bond acceptors (Lipinski definition) is 7. The lowest BCUT2D eigenvalue weighted by Gasteiger charge is -2.17. The molecule has 1 aliphatic carbocycles.